The number of piperazine rings is 1. The second-order valence-corrected chi connectivity index (χ2v) is 7.32. The highest BCUT2D eigenvalue weighted by Gasteiger charge is 2.25. The predicted molar refractivity (Wildman–Crippen MR) is 114 cm³/mol. The second-order valence-electron chi connectivity index (χ2n) is 6.88. The summed E-state index contributed by atoms with van der Waals surface area (Å²) in [5.41, 5.74) is 1.76. The van der Waals surface area contributed by atoms with Crippen molar-refractivity contribution in [3.8, 4) is 11.5 Å². The number of carbonyl (C=O) groups is 2. The van der Waals surface area contributed by atoms with E-state index in [1.807, 2.05) is 18.2 Å². The molecule has 1 aliphatic heterocycles. The number of methoxy groups -OCH3 is 2. The normalized spacial score (nSPS) is 14.8. The summed E-state index contributed by atoms with van der Waals surface area (Å²) >= 11 is 5.92. The lowest BCUT2D eigenvalue weighted by atomic mass is 10.1. The van der Waals surface area contributed by atoms with Gasteiger partial charge in [0.05, 0.1) is 20.6 Å². The molecule has 0 spiro atoms. The van der Waals surface area contributed by atoms with Crippen LogP contribution in [0.5, 0.6) is 11.5 Å². The highest BCUT2D eigenvalue weighted by molar-refractivity contribution is 6.30. The topological polar surface area (TPSA) is 68.3 Å². The Labute approximate surface area is 181 Å². The first-order valence-electron chi connectivity index (χ1n) is 9.65. The fraction of sp³-hybridized carbons (Fsp3) is 0.364. The zero-order valence-electron chi connectivity index (χ0n) is 17.0. The highest BCUT2D eigenvalue weighted by atomic mass is 35.5. The number of carbonyl (C=O) groups excluding carboxylic acids is 2. The molecular weight excluding hydrogens is 408 g/mol. The number of ether oxygens (including phenoxy) is 3. The SMILES string of the molecule is COc1ccc(N2CCN(C(=O)CC(OC=O)c3ccc(Cl)cc3)CC2)cc1OC. The summed E-state index contributed by atoms with van der Waals surface area (Å²) in [5.74, 6) is 1.30. The van der Waals surface area contributed by atoms with E-state index in [2.05, 4.69) is 4.90 Å². The van der Waals surface area contributed by atoms with Crippen molar-refractivity contribution < 1.29 is 23.8 Å². The predicted octanol–water partition coefficient (Wildman–Crippen LogP) is 3.31. The third-order valence-electron chi connectivity index (χ3n) is 5.19. The molecule has 7 nitrogen and oxygen atoms in total. The van der Waals surface area contributed by atoms with Crippen molar-refractivity contribution in [2.75, 3.05) is 45.3 Å². The Morgan fingerprint density at radius 2 is 1.70 bits per heavy atom. The van der Waals surface area contributed by atoms with Gasteiger partial charge in [0.15, 0.2) is 11.5 Å². The lowest BCUT2D eigenvalue weighted by Gasteiger charge is -2.36. The van der Waals surface area contributed by atoms with E-state index in [1.165, 1.54) is 0 Å². The van der Waals surface area contributed by atoms with Crippen LogP contribution in [-0.4, -0.2) is 57.7 Å². The fourth-order valence-corrected chi connectivity index (χ4v) is 3.64. The molecule has 0 aliphatic carbocycles. The minimum atomic E-state index is -0.629. The van der Waals surface area contributed by atoms with Gasteiger partial charge in [0.2, 0.25) is 5.91 Å². The lowest BCUT2D eigenvalue weighted by molar-refractivity contribution is -0.140. The number of hydrogen-bond acceptors (Lipinski definition) is 6. The molecule has 1 fully saturated rings. The van der Waals surface area contributed by atoms with Crippen molar-refractivity contribution in [3.63, 3.8) is 0 Å². The first-order chi connectivity index (χ1) is 14.5. The standard InChI is InChI=1S/C22H25ClN2O5/c1-28-19-8-7-18(13-21(19)29-2)24-9-11-25(12-10-24)22(27)14-20(30-15-26)16-3-5-17(23)6-4-16/h3-8,13,15,20H,9-12,14H2,1-2H3. The van der Waals surface area contributed by atoms with Crippen molar-refractivity contribution >= 4 is 29.7 Å². The molecule has 3 rings (SSSR count). The summed E-state index contributed by atoms with van der Waals surface area (Å²) in [6, 6.07) is 12.7. The van der Waals surface area contributed by atoms with Crippen LogP contribution in [0.1, 0.15) is 18.1 Å². The molecule has 2 aromatic rings. The van der Waals surface area contributed by atoms with Gasteiger partial charge in [-0.2, -0.15) is 0 Å². The number of amides is 1. The fourth-order valence-electron chi connectivity index (χ4n) is 3.51. The molecule has 1 heterocycles. The number of anilines is 1. The van der Waals surface area contributed by atoms with Gasteiger partial charge in [-0.1, -0.05) is 23.7 Å². The first-order valence-corrected chi connectivity index (χ1v) is 10.0. The van der Waals surface area contributed by atoms with Crippen LogP contribution in [0.15, 0.2) is 42.5 Å². The maximum absolute atomic E-state index is 12.8. The van der Waals surface area contributed by atoms with Gasteiger partial charge in [0.25, 0.3) is 6.47 Å². The van der Waals surface area contributed by atoms with Crippen LogP contribution in [-0.2, 0) is 14.3 Å². The van der Waals surface area contributed by atoms with Crippen LogP contribution >= 0.6 is 11.6 Å². The molecule has 0 radical (unpaired) electrons. The van der Waals surface area contributed by atoms with Crippen LogP contribution in [0, 0.1) is 0 Å². The number of nitrogens with zero attached hydrogens (tertiary/aromatic N) is 2. The Hall–Kier alpha value is -2.93. The Kier molecular flexibility index (Phi) is 7.41. The second kappa shape index (κ2) is 10.2. The van der Waals surface area contributed by atoms with E-state index < -0.39 is 6.10 Å². The largest absolute Gasteiger partial charge is 0.493 e. The van der Waals surface area contributed by atoms with Crippen LogP contribution in [0.4, 0.5) is 5.69 Å². The third kappa shape index (κ3) is 5.16. The van der Waals surface area contributed by atoms with E-state index in [4.69, 9.17) is 25.8 Å². The average molecular weight is 433 g/mol. The van der Waals surface area contributed by atoms with Gasteiger partial charge in [0, 0.05) is 43.0 Å². The Morgan fingerprint density at radius 1 is 1.03 bits per heavy atom. The molecule has 1 atom stereocenters. The van der Waals surface area contributed by atoms with Crippen LogP contribution < -0.4 is 14.4 Å². The van der Waals surface area contributed by atoms with Crippen molar-refractivity contribution in [1.82, 2.24) is 4.90 Å². The van der Waals surface area contributed by atoms with E-state index in [0.29, 0.717) is 49.2 Å². The molecule has 2 aromatic carbocycles. The summed E-state index contributed by atoms with van der Waals surface area (Å²) in [4.78, 5) is 27.7. The summed E-state index contributed by atoms with van der Waals surface area (Å²) in [6.45, 7) is 2.94. The van der Waals surface area contributed by atoms with Crippen molar-refractivity contribution in [2.24, 2.45) is 0 Å². The average Bonchev–Trinajstić information content (AvgIpc) is 2.79. The van der Waals surface area contributed by atoms with Gasteiger partial charge in [-0.3, -0.25) is 9.59 Å². The minimum absolute atomic E-state index is 0.0521. The number of rotatable bonds is 8. The molecule has 160 valence electrons. The molecule has 0 N–H and O–H groups in total. The van der Waals surface area contributed by atoms with Crippen LogP contribution in [0.3, 0.4) is 0 Å². The zero-order chi connectivity index (χ0) is 21.5. The molecule has 0 aromatic heterocycles. The minimum Gasteiger partial charge on any atom is -0.493 e. The Balaban J connectivity index is 1.60. The lowest BCUT2D eigenvalue weighted by Crippen LogP contribution is -2.49. The molecule has 0 bridgehead atoms. The Morgan fingerprint density at radius 3 is 2.30 bits per heavy atom. The smallest absolute Gasteiger partial charge is 0.293 e. The molecular formula is C22H25ClN2O5. The monoisotopic (exact) mass is 432 g/mol. The van der Waals surface area contributed by atoms with Crippen molar-refractivity contribution in [2.45, 2.75) is 12.5 Å². The molecule has 30 heavy (non-hydrogen) atoms. The van der Waals surface area contributed by atoms with Gasteiger partial charge in [-0.25, -0.2) is 0 Å². The Bertz CT molecular complexity index is 866. The number of benzene rings is 2. The molecule has 1 aliphatic rings. The van der Waals surface area contributed by atoms with Crippen LogP contribution in [0.25, 0.3) is 0 Å². The maximum atomic E-state index is 12.8. The molecule has 8 heteroatoms. The van der Waals surface area contributed by atoms with Gasteiger partial charge in [0.1, 0.15) is 6.10 Å². The summed E-state index contributed by atoms with van der Waals surface area (Å²) in [5, 5.41) is 0.584. The van der Waals surface area contributed by atoms with E-state index in [1.54, 1.807) is 43.4 Å². The highest BCUT2D eigenvalue weighted by Crippen LogP contribution is 2.32. The van der Waals surface area contributed by atoms with Crippen molar-refractivity contribution in [1.29, 1.82) is 0 Å². The van der Waals surface area contributed by atoms with Crippen LogP contribution in [0.2, 0.25) is 5.02 Å². The molecule has 0 saturated carbocycles. The maximum Gasteiger partial charge on any atom is 0.293 e. The van der Waals surface area contributed by atoms with Gasteiger partial charge < -0.3 is 24.0 Å². The number of hydrogen-bond donors (Lipinski definition) is 0. The quantitative estimate of drug-likeness (QED) is 0.596. The molecule has 1 amide bonds. The first kappa shape index (κ1) is 21.8. The summed E-state index contributed by atoms with van der Waals surface area (Å²) in [6.07, 6.45) is -0.535. The molecule has 1 unspecified atom stereocenters. The van der Waals surface area contributed by atoms with Gasteiger partial charge in [-0.15, -0.1) is 0 Å². The van der Waals surface area contributed by atoms with E-state index >= 15 is 0 Å². The van der Waals surface area contributed by atoms with E-state index in [0.717, 1.165) is 11.3 Å². The third-order valence-corrected chi connectivity index (χ3v) is 5.44. The van der Waals surface area contributed by atoms with E-state index in [9.17, 15) is 9.59 Å². The summed E-state index contributed by atoms with van der Waals surface area (Å²) in [7, 11) is 3.21. The zero-order valence-corrected chi connectivity index (χ0v) is 17.8. The number of halogens is 1. The van der Waals surface area contributed by atoms with Crippen molar-refractivity contribution in [3.05, 3.63) is 53.1 Å². The van der Waals surface area contributed by atoms with Gasteiger partial charge in [-0.05, 0) is 29.8 Å². The van der Waals surface area contributed by atoms with Gasteiger partial charge >= 0.3 is 0 Å². The summed E-state index contributed by atoms with van der Waals surface area (Å²) < 4.78 is 15.8. The van der Waals surface area contributed by atoms with E-state index in [-0.39, 0.29) is 12.3 Å². The molecule has 1 saturated heterocycles.